The van der Waals surface area contributed by atoms with Crippen molar-refractivity contribution in [3.05, 3.63) is 33.9 Å². The van der Waals surface area contributed by atoms with Crippen LogP contribution in [-0.4, -0.2) is 41.4 Å². The predicted molar refractivity (Wildman–Crippen MR) is 76.1 cm³/mol. The minimum Gasteiger partial charge on any atom is -0.394 e. The summed E-state index contributed by atoms with van der Waals surface area (Å²) in [4.78, 5) is 12.3. The number of nitro groups is 1. The van der Waals surface area contributed by atoms with E-state index in [1.165, 1.54) is 12.1 Å². The summed E-state index contributed by atoms with van der Waals surface area (Å²) in [6, 6.07) is 6.32. The summed E-state index contributed by atoms with van der Waals surface area (Å²) in [5.74, 6) is 0. The highest BCUT2D eigenvalue weighted by Gasteiger charge is 2.33. The van der Waals surface area contributed by atoms with Gasteiger partial charge in [0.25, 0.3) is 5.69 Å². The number of ether oxygens (including phenoxy) is 1. The summed E-state index contributed by atoms with van der Waals surface area (Å²) < 4.78 is 5.73. The van der Waals surface area contributed by atoms with Gasteiger partial charge in [-0.15, -0.1) is 0 Å². The van der Waals surface area contributed by atoms with E-state index in [-0.39, 0.29) is 24.0 Å². The molecule has 0 radical (unpaired) electrons. The third-order valence-corrected chi connectivity index (χ3v) is 3.35. The Kier molecular flexibility index (Phi) is 4.11. The normalized spacial score (nSPS) is 20.9. The lowest BCUT2D eigenvalue weighted by molar-refractivity contribution is -0.385. The van der Waals surface area contributed by atoms with Crippen LogP contribution in [0.25, 0.3) is 0 Å². The van der Waals surface area contributed by atoms with Gasteiger partial charge in [0.1, 0.15) is 11.6 Å². The molecule has 2 rings (SSSR count). The van der Waals surface area contributed by atoms with Crippen molar-refractivity contribution in [3.63, 3.8) is 0 Å². The molecule has 1 heterocycles. The molecule has 0 aliphatic carbocycles. The van der Waals surface area contributed by atoms with Crippen LogP contribution in [0.1, 0.15) is 19.4 Å². The second kappa shape index (κ2) is 5.68. The average molecular weight is 291 g/mol. The summed E-state index contributed by atoms with van der Waals surface area (Å²) in [6.07, 6.45) is -0.325. The Hall–Kier alpha value is -2.17. The maximum atomic E-state index is 10.9. The van der Waals surface area contributed by atoms with E-state index in [9.17, 15) is 15.2 Å². The van der Waals surface area contributed by atoms with Gasteiger partial charge in [-0.05, 0) is 26.0 Å². The molecule has 7 heteroatoms. The zero-order valence-corrected chi connectivity index (χ0v) is 11.9. The molecule has 0 saturated carbocycles. The molecule has 1 aliphatic heterocycles. The van der Waals surface area contributed by atoms with Crippen molar-refractivity contribution in [1.82, 2.24) is 0 Å². The van der Waals surface area contributed by atoms with Crippen molar-refractivity contribution >= 4 is 11.4 Å². The van der Waals surface area contributed by atoms with Crippen LogP contribution in [0.15, 0.2) is 18.2 Å². The molecule has 7 nitrogen and oxygen atoms in total. The average Bonchev–Trinajstić information content (AvgIpc) is 2.44. The van der Waals surface area contributed by atoms with E-state index in [4.69, 9.17) is 10.00 Å². The van der Waals surface area contributed by atoms with Gasteiger partial charge in [-0.1, -0.05) is 0 Å². The van der Waals surface area contributed by atoms with E-state index in [0.717, 1.165) is 0 Å². The number of nitrogens with zero attached hydrogens (tertiary/aromatic N) is 3. The van der Waals surface area contributed by atoms with Gasteiger partial charge in [0.05, 0.1) is 23.2 Å². The summed E-state index contributed by atoms with van der Waals surface area (Å²) >= 11 is 0. The van der Waals surface area contributed by atoms with E-state index >= 15 is 0 Å². The van der Waals surface area contributed by atoms with Gasteiger partial charge in [-0.3, -0.25) is 10.1 Å². The van der Waals surface area contributed by atoms with Gasteiger partial charge in [0.15, 0.2) is 0 Å². The third-order valence-electron chi connectivity index (χ3n) is 3.35. The first-order valence-corrected chi connectivity index (χ1v) is 6.58. The number of anilines is 1. The number of rotatable bonds is 3. The number of nitro benzene ring substituents is 1. The number of hydrogen-bond acceptors (Lipinski definition) is 6. The smallest absolute Gasteiger partial charge is 0.287 e. The molecular formula is C14H17N3O4. The highest BCUT2D eigenvalue weighted by molar-refractivity contribution is 5.60. The van der Waals surface area contributed by atoms with Crippen molar-refractivity contribution < 1.29 is 14.8 Å². The first-order chi connectivity index (χ1) is 9.86. The fourth-order valence-corrected chi connectivity index (χ4v) is 2.56. The van der Waals surface area contributed by atoms with Gasteiger partial charge >= 0.3 is 0 Å². The Labute approximate surface area is 122 Å². The lowest BCUT2D eigenvalue weighted by atomic mass is 10.0. The molecule has 1 aliphatic rings. The monoisotopic (exact) mass is 291 g/mol. The SMILES string of the molecule is CC1(C)CN(c2ccc([N+](=O)[O-])c(C#N)c2)CC(CO)O1. The van der Waals surface area contributed by atoms with Gasteiger partial charge in [0.2, 0.25) is 0 Å². The highest BCUT2D eigenvalue weighted by atomic mass is 16.6. The fraction of sp³-hybridized carbons (Fsp3) is 0.500. The quantitative estimate of drug-likeness (QED) is 0.668. The van der Waals surface area contributed by atoms with Crippen molar-refractivity contribution in [2.24, 2.45) is 0 Å². The van der Waals surface area contributed by atoms with Crippen molar-refractivity contribution in [1.29, 1.82) is 5.26 Å². The van der Waals surface area contributed by atoms with Crippen LogP contribution in [0.2, 0.25) is 0 Å². The van der Waals surface area contributed by atoms with Gasteiger partial charge < -0.3 is 14.7 Å². The summed E-state index contributed by atoms with van der Waals surface area (Å²) in [6.45, 7) is 4.78. The first-order valence-electron chi connectivity index (χ1n) is 6.58. The molecular weight excluding hydrogens is 274 g/mol. The Morgan fingerprint density at radius 2 is 2.33 bits per heavy atom. The highest BCUT2D eigenvalue weighted by Crippen LogP contribution is 2.29. The van der Waals surface area contributed by atoms with Gasteiger partial charge in [-0.25, -0.2) is 0 Å². The Balaban J connectivity index is 2.33. The molecule has 1 atom stereocenters. The number of hydrogen-bond donors (Lipinski definition) is 1. The standard InChI is InChI=1S/C14H17N3O4/c1-14(2)9-16(7-12(8-18)21-14)11-3-4-13(17(19)20)10(5-11)6-15/h3-5,12,18H,7-9H2,1-2H3. The molecule has 112 valence electrons. The van der Waals surface area contributed by atoms with Crippen LogP contribution in [-0.2, 0) is 4.74 Å². The van der Waals surface area contributed by atoms with Crippen LogP contribution in [0.4, 0.5) is 11.4 Å². The number of morpholine rings is 1. The second-order valence-corrected chi connectivity index (χ2v) is 5.63. The zero-order valence-electron chi connectivity index (χ0n) is 11.9. The molecule has 1 N–H and O–H groups in total. The molecule has 21 heavy (non-hydrogen) atoms. The van der Waals surface area contributed by atoms with Crippen LogP contribution < -0.4 is 4.90 Å². The minimum absolute atomic E-state index is 0.0300. The molecule has 0 spiro atoms. The van der Waals surface area contributed by atoms with Crippen molar-refractivity contribution in [2.45, 2.75) is 25.6 Å². The molecule has 1 aromatic carbocycles. The lowest BCUT2D eigenvalue weighted by Crippen LogP contribution is -2.54. The molecule has 1 fully saturated rings. The van der Waals surface area contributed by atoms with Gasteiger partial charge in [-0.2, -0.15) is 5.26 Å². The van der Waals surface area contributed by atoms with Crippen molar-refractivity contribution in [2.75, 3.05) is 24.6 Å². The molecule has 1 saturated heterocycles. The van der Waals surface area contributed by atoms with Crippen LogP contribution in [0.3, 0.4) is 0 Å². The van der Waals surface area contributed by atoms with E-state index in [0.29, 0.717) is 18.8 Å². The number of aliphatic hydroxyl groups is 1. The van der Waals surface area contributed by atoms with Crippen LogP contribution in [0.5, 0.6) is 0 Å². The van der Waals surface area contributed by atoms with E-state index in [1.807, 2.05) is 24.8 Å². The second-order valence-electron chi connectivity index (χ2n) is 5.63. The van der Waals surface area contributed by atoms with E-state index in [1.54, 1.807) is 6.07 Å². The lowest BCUT2D eigenvalue weighted by Gasteiger charge is -2.43. The first kappa shape index (κ1) is 15.2. The van der Waals surface area contributed by atoms with E-state index < -0.39 is 10.5 Å². The predicted octanol–water partition coefficient (Wildman–Crippen LogP) is 1.44. The minimum atomic E-state index is -0.567. The topological polar surface area (TPSA) is 99.6 Å². The summed E-state index contributed by atoms with van der Waals surface area (Å²) in [5.41, 5.74) is 0.0991. The fourth-order valence-electron chi connectivity index (χ4n) is 2.56. The number of nitriles is 1. The van der Waals surface area contributed by atoms with E-state index in [2.05, 4.69) is 0 Å². The largest absolute Gasteiger partial charge is 0.394 e. The molecule has 0 bridgehead atoms. The molecule has 1 aromatic rings. The summed E-state index contributed by atoms with van der Waals surface area (Å²) in [7, 11) is 0. The maximum absolute atomic E-state index is 10.9. The van der Waals surface area contributed by atoms with Gasteiger partial charge in [0, 0.05) is 24.8 Å². The number of aliphatic hydroxyl groups excluding tert-OH is 1. The number of benzene rings is 1. The van der Waals surface area contributed by atoms with Crippen LogP contribution >= 0.6 is 0 Å². The molecule has 1 unspecified atom stereocenters. The Morgan fingerprint density at radius 1 is 1.62 bits per heavy atom. The van der Waals surface area contributed by atoms with Crippen LogP contribution in [0, 0.1) is 21.4 Å². The summed E-state index contributed by atoms with van der Waals surface area (Å²) in [5, 5.41) is 29.2. The Bertz CT molecular complexity index is 594. The Morgan fingerprint density at radius 3 is 2.90 bits per heavy atom. The molecule has 0 amide bonds. The third kappa shape index (κ3) is 3.29. The van der Waals surface area contributed by atoms with Crippen molar-refractivity contribution in [3.8, 4) is 6.07 Å². The molecule has 0 aromatic heterocycles. The zero-order chi connectivity index (χ0) is 15.6. The maximum Gasteiger partial charge on any atom is 0.287 e.